The summed E-state index contributed by atoms with van der Waals surface area (Å²) in [5, 5.41) is 7.01. The van der Waals surface area contributed by atoms with E-state index in [-0.39, 0.29) is 41.9 Å². The number of allylic oxidation sites excluding steroid dienone is 2. The third-order valence-corrected chi connectivity index (χ3v) is 10.5. The van der Waals surface area contributed by atoms with Gasteiger partial charge in [0.05, 0.1) is 30.4 Å². The smallest absolute Gasteiger partial charge is 0.419 e. The predicted molar refractivity (Wildman–Crippen MR) is 188 cm³/mol. The van der Waals surface area contributed by atoms with Crippen molar-refractivity contribution in [3.63, 3.8) is 0 Å². The van der Waals surface area contributed by atoms with Crippen molar-refractivity contribution in [3.05, 3.63) is 11.9 Å². The SMILES string of the molecule is CCCC=[N+]=C(OCN)C1CCN(C2C(CCCC)CNCC2NC(=O)C(C(N)N)C2CC(CC)(CCC)CC=C(F)C=N2)CC1. The van der Waals surface area contributed by atoms with E-state index in [2.05, 4.69) is 52.9 Å². The Balaban J connectivity index is 1.84. The van der Waals surface area contributed by atoms with E-state index in [1.165, 1.54) is 6.21 Å². The quantitative estimate of drug-likeness (QED) is 0.0789. The van der Waals surface area contributed by atoms with Gasteiger partial charge in [0.15, 0.2) is 0 Å². The zero-order valence-electron chi connectivity index (χ0n) is 29.1. The van der Waals surface area contributed by atoms with Crippen LogP contribution in [0.15, 0.2) is 16.9 Å². The molecule has 46 heavy (non-hydrogen) atoms. The summed E-state index contributed by atoms with van der Waals surface area (Å²) in [6.45, 7) is 12.1. The highest BCUT2D eigenvalue weighted by Crippen LogP contribution is 2.41. The fourth-order valence-corrected chi connectivity index (χ4v) is 7.91. The molecule has 3 rings (SSSR count). The third-order valence-electron chi connectivity index (χ3n) is 10.5. The Bertz CT molecular complexity index is 1050. The van der Waals surface area contributed by atoms with Gasteiger partial charge in [-0.3, -0.25) is 20.4 Å². The number of carbonyl (C=O) groups is 1. The van der Waals surface area contributed by atoms with Gasteiger partial charge in [0, 0.05) is 19.0 Å². The average Bonchev–Trinajstić information content (AvgIpc) is 3.04. The highest BCUT2D eigenvalue weighted by molar-refractivity contribution is 5.82. The first kappa shape index (κ1) is 38.3. The van der Waals surface area contributed by atoms with Crippen LogP contribution in [0.2, 0.25) is 0 Å². The van der Waals surface area contributed by atoms with Crippen LogP contribution in [0.5, 0.6) is 0 Å². The van der Waals surface area contributed by atoms with Gasteiger partial charge in [-0.05, 0) is 82.0 Å². The number of nitrogens with zero attached hydrogens (tertiary/aromatic N) is 3. The fourth-order valence-electron chi connectivity index (χ4n) is 7.91. The molecule has 0 saturated carbocycles. The molecule has 2 fully saturated rings. The number of amides is 1. The van der Waals surface area contributed by atoms with Crippen LogP contribution >= 0.6 is 0 Å². The van der Waals surface area contributed by atoms with Crippen LogP contribution in [0, 0.1) is 23.2 Å². The van der Waals surface area contributed by atoms with Crippen LogP contribution in [0.3, 0.4) is 0 Å². The number of likely N-dealkylation sites (tertiary alicyclic amines) is 1. The van der Waals surface area contributed by atoms with Crippen molar-refractivity contribution in [1.29, 1.82) is 0 Å². The Morgan fingerprint density at radius 1 is 1.22 bits per heavy atom. The van der Waals surface area contributed by atoms with Crippen molar-refractivity contribution in [2.75, 3.05) is 32.9 Å². The molecule has 2 saturated heterocycles. The Morgan fingerprint density at radius 3 is 2.61 bits per heavy atom. The van der Waals surface area contributed by atoms with Crippen molar-refractivity contribution in [3.8, 4) is 0 Å². The molecule has 0 spiro atoms. The number of aliphatic imine (C=N–C) groups is 1. The minimum Gasteiger partial charge on any atom is -0.419 e. The number of rotatable bonds is 15. The molecule has 262 valence electrons. The molecule has 0 aliphatic carbocycles. The minimum atomic E-state index is -0.920. The molecule has 3 aliphatic heterocycles. The van der Waals surface area contributed by atoms with Crippen molar-refractivity contribution >= 4 is 24.2 Å². The second-order valence-electron chi connectivity index (χ2n) is 13.8. The van der Waals surface area contributed by atoms with Crippen molar-refractivity contribution in [2.45, 2.75) is 129 Å². The Labute approximate surface area is 277 Å². The molecular weight excluding hydrogens is 583 g/mol. The van der Waals surface area contributed by atoms with Gasteiger partial charge < -0.3 is 26.8 Å². The molecule has 0 radical (unpaired) electrons. The van der Waals surface area contributed by atoms with E-state index in [1.54, 1.807) is 6.08 Å². The van der Waals surface area contributed by atoms with E-state index in [0.717, 1.165) is 89.7 Å². The Kier molecular flexibility index (Phi) is 16.3. The molecule has 1 amide bonds. The summed E-state index contributed by atoms with van der Waals surface area (Å²) in [4.78, 5) is 21.4. The molecule has 3 aliphatic rings. The van der Waals surface area contributed by atoms with E-state index in [1.807, 2.05) is 6.21 Å². The number of ether oxygens (including phenoxy) is 1. The zero-order chi connectivity index (χ0) is 33.5. The lowest BCUT2D eigenvalue weighted by Crippen LogP contribution is -2.66. The molecule has 0 aromatic carbocycles. The molecule has 0 aromatic heterocycles. The fraction of sp³-hybridized carbons (Fsp3) is 0.829. The van der Waals surface area contributed by atoms with Crippen LogP contribution in [-0.4, -0.2) is 86.3 Å². The number of carbonyl (C=O) groups excluding carboxylic acids is 1. The molecule has 0 aromatic rings. The molecule has 8 N–H and O–H groups in total. The monoisotopic (exact) mass is 648 g/mol. The number of hydrogen-bond donors (Lipinski definition) is 5. The number of unbranched alkanes of at least 4 members (excludes halogenated alkanes) is 2. The maximum absolute atomic E-state index is 14.7. The number of nitrogens with one attached hydrogen (secondary N) is 2. The highest BCUT2D eigenvalue weighted by Gasteiger charge is 2.44. The van der Waals surface area contributed by atoms with Gasteiger partial charge in [-0.1, -0.05) is 58.0 Å². The summed E-state index contributed by atoms with van der Waals surface area (Å²) in [7, 11) is 0. The van der Waals surface area contributed by atoms with E-state index in [9.17, 15) is 9.18 Å². The van der Waals surface area contributed by atoms with Gasteiger partial charge in [0.2, 0.25) is 5.91 Å². The van der Waals surface area contributed by atoms with E-state index >= 15 is 0 Å². The van der Waals surface area contributed by atoms with Crippen molar-refractivity contribution in [2.24, 2.45) is 45.4 Å². The molecule has 6 atom stereocenters. The molecule has 6 unspecified atom stereocenters. The van der Waals surface area contributed by atoms with Crippen LogP contribution in [-0.2, 0) is 9.53 Å². The lowest BCUT2D eigenvalue weighted by atomic mass is 9.70. The predicted octanol–water partition coefficient (Wildman–Crippen LogP) is 3.37. The van der Waals surface area contributed by atoms with Crippen molar-refractivity contribution < 1.29 is 13.9 Å². The van der Waals surface area contributed by atoms with Crippen LogP contribution in [0.4, 0.5) is 4.39 Å². The summed E-state index contributed by atoms with van der Waals surface area (Å²) < 4.78 is 25.1. The third kappa shape index (κ3) is 10.7. The zero-order valence-corrected chi connectivity index (χ0v) is 29.1. The van der Waals surface area contributed by atoms with E-state index in [0.29, 0.717) is 25.3 Å². The first-order valence-corrected chi connectivity index (χ1v) is 18.1. The number of hydrogen-bond acceptors (Lipinski definition) is 8. The normalized spacial score (nSPS) is 28.5. The second-order valence-corrected chi connectivity index (χ2v) is 13.8. The molecular formula is C35H64FN8O2+. The largest absolute Gasteiger partial charge is 0.465 e. The molecule has 3 heterocycles. The molecule has 10 nitrogen and oxygen atoms in total. The number of nitrogens with two attached hydrogens (primary N) is 3. The van der Waals surface area contributed by atoms with Gasteiger partial charge in [0.25, 0.3) is 6.21 Å². The number of piperidine rings is 2. The number of halogens is 1. The Morgan fingerprint density at radius 2 is 1.98 bits per heavy atom. The summed E-state index contributed by atoms with van der Waals surface area (Å²) >= 11 is 0. The maximum Gasteiger partial charge on any atom is 0.465 e. The maximum atomic E-state index is 14.7. The van der Waals surface area contributed by atoms with E-state index < -0.39 is 18.1 Å². The van der Waals surface area contributed by atoms with Crippen LogP contribution in [0.1, 0.15) is 105 Å². The van der Waals surface area contributed by atoms with Gasteiger partial charge >= 0.3 is 5.90 Å². The summed E-state index contributed by atoms with van der Waals surface area (Å²) in [6, 6.07) is -0.448. The first-order chi connectivity index (χ1) is 22.2. The highest BCUT2D eigenvalue weighted by atomic mass is 19.1. The summed E-state index contributed by atoms with van der Waals surface area (Å²) in [5.41, 5.74) is 18.3. The summed E-state index contributed by atoms with van der Waals surface area (Å²) in [6.07, 6.45) is 15.1. The summed E-state index contributed by atoms with van der Waals surface area (Å²) in [5.74, 6) is 0.0380. The molecule has 0 bridgehead atoms. The average molecular weight is 648 g/mol. The van der Waals surface area contributed by atoms with Crippen molar-refractivity contribution in [1.82, 2.24) is 20.2 Å². The van der Waals surface area contributed by atoms with Gasteiger partial charge in [-0.25, -0.2) is 4.39 Å². The standard InChI is InChI=1S/C35H63FN8O2/c1-5-9-11-26-21-40-23-29(31(26)44-18-13-25(14-19-44)34(46-24-37)41-17-10-6-2)43-33(45)30(32(38)39)28-20-35(8-4,15-7-3)16-12-27(36)22-42-28/h12,17,22,25-26,28-32,40H,5-11,13-16,18-21,23-24,37-39H2,1-4H3/p+1. The van der Waals surface area contributed by atoms with Gasteiger partial charge in [-0.2, -0.15) is 0 Å². The molecule has 11 heteroatoms. The second kappa shape index (κ2) is 19.6. The lowest BCUT2D eigenvalue weighted by molar-refractivity contribution is -0.128. The minimum absolute atomic E-state index is 0.118. The van der Waals surface area contributed by atoms with Crippen LogP contribution in [0.25, 0.3) is 0 Å². The lowest BCUT2D eigenvalue weighted by Gasteiger charge is -2.48. The van der Waals surface area contributed by atoms with Gasteiger partial charge in [-0.15, -0.1) is 0 Å². The Hall–Kier alpha value is -2.14. The van der Waals surface area contributed by atoms with Crippen LogP contribution < -0.4 is 32.5 Å². The van der Waals surface area contributed by atoms with E-state index in [4.69, 9.17) is 21.9 Å². The topological polar surface area (TPSA) is 158 Å². The van der Waals surface area contributed by atoms with Gasteiger partial charge in [0.1, 0.15) is 18.5 Å². The first-order valence-electron chi connectivity index (χ1n) is 18.1.